The van der Waals surface area contributed by atoms with Crippen molar-refractivity contribution in [2.75, 3.05) is 13.7 Å². The van der Waals surface area contributed by atoms with Crippen LogP contribution in [0.1, 0.15) is 26.3 Å². The van der Waals surface area contributed by atoms with Gasteiger partial charge in [0, 0.05) is 12.1 Å². The fourth-order valence-electron chi connectivity index (χ4n) is 1.61. The molecule has 0 radical (unpaired) electrons. The fraction of sp³-hybridized carbons (Fsp3) is 0.571. The Morgan fingerprint density at radius 2 is 1.72 bits per heavy atom. The van der Waals surface area contributed by atoms with E-state index < -0.39 is 11.6 Å². The molecule has 0 spiro atoms. The lowest BCUT2D eigenvalue weighted by Crippen LogP contribution is -2.36. The summed E-state index contributed by atoms with van der Waals surface area (Å²) in [5, 5.41) is 3.09. The zero-order valence-corrected chi connectivity index (χ0v) is 11.4. The zero-order valence-electron chi connectivity index (χ0n) is 11.4. The van der Waals surface area contributed by atoms with Gasteiger partial charge in [-0.2, -0.15) is 0 Å². The standard InChI is InChI=1S/C14H21F2NO/c1-14(2,3)18-9-13(17-4)7-10-5-11(15)8-12(16)6-10/h5-6,8,13,17H,7,9H2,1-4H3. The van der Waals surface area contributed by atoms with Gasteiger partial charge in [0.2, 0.25) is 0 Å². The van der Waals surface area contributed by atoms with E-state index in [-0.39, 0.29) is 11.6 Å². The highest BCUT2D eigenvalue weighted by atomic mass is 19.1. The second-order valence-corrected chi connectivity index (χ2v) is 5.39. The molecule has 0 saturated carbocycles. The Kier molecular flexibility index (Phi) is 5.23. The number of nitrogens with one attached hydrogen (secondary N) is 1. The van der Waals surface area contributed by atoms with Gasteiger partial charge >= 0.3 is 0 Å². The van der Waals surface area contributed by atoms with E-state index in [0.717, 1.165) is 6.07 Å². The van der Waals surface area contributed by atoms with Crippen molar-refractivity contribution in [2.45, 2.75) is 38.8 Å². The highest BCUT2D eigenvalue weighted by Crippen LogP contribution is 2.12. The summed E-state index contributed by atoms with van der Waals surface area (Å²) in [5.41, 5.74) is 0.409. The molecule has 18 heavy (non-hydrogen) atoms. The van der Waals surface area contributed by atoms with Gasteiger partial charge < -0.3 is 10.1 Å². The van der Waals surface area contributed by atoms with Crippen molar-refractivity contribution < 1.29 is 13.5 Å². The van der Waals surface area contributed by atoms with Gasteiger partial charge in [-0.3, -0.25) is 0 Å². The zero-order chi connectivity index (χ0) is 13.8. The molecule has 0 bridgehead atoms. The minimum absolute atomic E-state index is 0.0328. The number of hydrogen-bond acceptors (Lipinski definition) is 2. The first-order valence-corrected chi connectivity index (χ1v) is 6.06. The lowest BCUT2D eigenvalue weighted by Gasteiger charge is -2.24. The maximum Gasteiger partial charge on any atom is 0.126 e. The molecule has 0 aliphatic rings. The van der Waals surface area contributed by atoms with Gasteiger partial charge in [-0.05, 0) is 51.9 Å². The quantitative estimate of drug-likeness (QED) is 0.875. The SMILES string of the molecule is CNC(COC(C)(C)C)Cc1cc(F)cc(F)c1. The summed E-state index contributed by atoms with van der Waals surface area (Å²) in [7, 11) is 1.81. The molecule has 0 fully saturated rings. The maximum absolute atomic E-state index is 13.1. The van der Waals surface area contributed by atoms with Gasteiger partial charge in [0.1, 0.15) is 11.6 Å². The molecule has 1 unspecified atom stereocenters. The number of ether oxygens (including phenoxy) is 1. The van der Waals surface area contributed by atoms with Gasteiger partial charge in [-0.1, -0.05) is 0 Å². The average molecular weight is 257 g/mol. The van der Waals surface area contributed by atoms with Gasteiger partial charge in [0.25, 0.3) is 0 Å². The molecule has 0 amide bonds. The van der Waals surface area contributed by atoms with Gasteiger partial charge in [0.05, 0.1) is 12.2 Å². The van der Waals surface area contributed by atoms with Crippen molar-refractivity contribution in [3.8, 4) is 0 Å². The number of rotatable bonds is 5. The molecule has 0 aliphatic heterocycles. The Labute approximate surface area is 107 Å². The Morgan fingerprint density at radius 1 is 1.17 bits per heavy atom. The van der Waals surface area contributed by atoms with Crippen LogP contribution in [0.5, 0.6) is 0 Å². The summed E-state index contributed by atoms with van der Waals surface area (Å²) in [6.45, 7) is 6.42. The molecule has 1 N–H and O–H groups in total. The highest BCUT2D eigenvalue weighted by molar-refractivity contribution is 5.19. The van der Waals surface area contributed by atoms with Crippen LogP contribution in [0, 0.1) is 11.6 Å². The molecule has 0 heterocycles. The Bertz CT molecular complexity index is 368. The molecule has 1 rings (SSSR count). The molecular formula is C14H21F2NO. The van der Waals surface area contributed by atoms with E-state index in [1.54, 1.807) is 0 Å². The van der Waals surface area contributed by atoms with Crippen LogP contribution < -0.4 is 5.32 Å². The van der Waals surface area contributed by atoms with Crippen molar-refractivity contribution >= 4 is 0 Å². The first-order chi connectivity index (χ1) is 8.30. The second-order valence-electron chi connectivity index (χ2n) is 5.39. The third-order valence-electron chi connectivity index (χ3n) is 2.53. The van der Waals surface area contributed by atoms with E-state index in [1.165, 1.54) is 12.1 Å². The third-order valence-corrected chi connectivity index (χ3v) is 2.53. The Balaban J connectivity index is 2.62. The minimum Gasteiger partial charge on any atom is -0.374 e. The van der Waals surface area contributed by atoms with Gasteiger partial charge in [-0.15, -0.1) is 0 Å². The summed E-state index contributed by atoms with van der Waals surface area (Å²) in [6.07, 6.45) is 0.529. The lowest BCUT2D eigenvalue weighted by atomic mass is 10.1. The van der Waals surface area contributed by atoms with E-state index in [0.29, 0.717) is 18.6 Å². The summed E-state index contributed by atoms with van der Waals surface area (Å²) in [4.78, 5) is 0. The molecule has 2 nitrogen and oxygen atoms in total. The van der Waals surface area contributed by atoms with Gasteiger partial charge in [-0.25, -0.2) is 8.78 Å². The largest absolute Gasteiger partial charge is 0.374 e. The molecule has 0 saturated heterocycles. The first kappa shape index (κ1) is 15.1. The monoisotopic (exact) mass is 257 g/mol. The van der Waals surface area contributed by atoms with E-state index in [1.807, 2.05) is 27.8 Å². The average Bonchev–Trinajstić information content (AvgIpc) is 2.21. The topological polar surface area (TPSA) is 21.3 Å². The van der Waals surface area contributed by atoms with E-state index in [9.17, 15) is 8.78 Å². The van der Waals surface area contributed by atoms with E-state index >= 15 is 0 Å². The summed E-state index contributed by atoms with van der Waals surface area (Å²) in [6, 6.07) is 3.61. The Morgan fingerprint density at radius 3 is 2.17 bits per heavy atom. The Hall–Kier alpha value is -1.00. The minimum atomic E-state index is -0.545. The van der Waals surface area contributed by atoms with Crippen LogP contribution in [-0.2, 0) is 11.2 Å². The summed E-state index contributed by atoms with van der Waals surface area (Å²) in [5.74, 6) is -1.09. The normalized spacial score (nSPS) is 13.7. The van der Waals surface area contributed by atoms with Crippen molar-refractivity contribution in [1.82, 2.24) is 5.32 Å². The fourth-order valence-corrected chi connectivity index (χ4v) is 1.61. The number of benzene rings is 1. The predicted molar refractivity (Wildman–Crippen MR) is 68.6 cm³/mol. The molecule has 102 valence electrons. The van der Waals surface area contributed by atoms with Crippen molar-refractivity contribution in [2.24, 2.45) is 0 Å². The molecule has 1 aromatic carbocycles. The molecule has 0 aliphatic carbocycles. The van der Waals surface area contributed by atoms with Crippen LogP contribution in [0.15, 0.2) is 18.2 Å². The predicted octanol–water partition coefficient (Wildman–Crippen LogP) is 2.91. The van der Waals surface area contributed by atoms with E-state index in [2.05, 4.69) is 5.32 Å². The van der Waals surface area contributed by atoms with Crippen LogP contribution >= 0.6 is 0 Å². The van der Waals surface area contributed by atoms with Crippen LogP contribution in [0.4, 0.5) is 8.78 Å². The molecule has 4 heteroatoms. The van der Waals surface area contributed by atoms with Crippen LogP contribution in [-0.4, -0.2) is 25.3 Å². The smallest absolute Gasteiger partial charge is 0.126 e. The number of likely N-dealkylation sites (N-methyl/N-ethyl adjacent to an activating group) is 1. The van der Waals surface area contributed by atoms with E-state index in [4.69, 9.17) is 4.74 Å². The van der Waals surface area contributed by atoms with Gasteiger partial charge in [0.15, 0.2) is 0 Å². The molecule has 0 aromatic heterocycles. The second kappa shape index (κ2) is 6.25. The highest BCUT2D eigenvalue weighted by Gasteiger charge is 2.15. The number of halogens is 2. The summed E-state index contributed by atoms with van der Waals surface area (Å²) >= 11 is 0. The van der Waals surface area contributed by atoms with Crippen LogP contribution in [0.3, 0.4) is 0 Å². The third kappa shape index (κ3) is 5.56. The summed E-state index contributed by atoms with van der Waals surface area (Å²) < 4.78 is 31.8. The van der Waals surface area contributed by atoms with Crippen molar-refractivity contribution in [3.05, 3.63) is 35.4 Å². The van der Waals surface area contributed by atoms with Crippen LogP contribution in [0.2, 0.25) is 0 Å². The van der Waals surface area contributed by atoms with Crippen molar-refractivity contribution in [1.29, 1.82) is 0 Å². The number of hydrogen-bond donors (Lipinski definition) is 1. The van der Waals surface area contributed by atoms with Crippen LogP contribution in [0.25, 0.3) is 0 Å². The van der Waals surface area contributed by atoms with Crippen molar-refractivity contribution in [3.63, 3.8) is 0 Å². The first-order valence-electron chi connectivity index (χ1n) is 6.06. The lowest BCUT2D eigenvalue weighted by molar-refractivity contribution is -0.0135. The molecule has 1 atom stereocenters. The molecule has 1 aromatic rings. The maximum atomic E-state index is 13.1. The molecular weight excluding hydrogens is 236 g/mol.